The fourth-order valence-corrected chi connectivity index (χ4v) is 1.90. The maximum Gasteiger partial charge on any atom is 0.323 e. The van der Waals surface area contributed by atoms with Crippen LogP contribution >= 0.6 is 11.6 Å². The molecule has 0 bridgehead atoms. The number of nitrogens with one attached hydrogen (secondary N) is 1. The van der Waals surface area contributed by atoms with E-state index >= 15 is 0 Å². The number of hydrogen-bond donors (Lipinski definition) is 1. The van der Waals surface area contributed by atoms with E-state index in [0.717, 1.165) is 0 Å². The van der Waals surface area contributed by atoms with Crippen LogP contribution in [0.1, 0.15) is 19.4 Å². The molecule has 5 heteroatoms. The number of benzene rings is 1. The molecule has 1 aromatic carbocycles. The molecule has 1 aromatic rings. The van der Waals surface area contributed by atoms with Gasteiger partial charge in [0.2, 0.25) is 0 Å². The molecule has 3 nitrogen and oxygen atoms in total. The quantitative estimate of drug-likeness (QED) is 0.839. The Bertz CT molecular complexity index is 403. The summed E-state index contributed by atoms with van der Waals surface area (Å²) in [6.07, 6.45) is 0. The number of esters is 1. The number of carbonyl (C=O) groups excluding carboxylic acids is 1. The fraction of sp³-hybridized carbons (Fsp3) is 0.462. The van der Waals surface area contributed by atoms with Gasteiger partial charge in [-0.25, -0.2) is 4.39 Å². The number of methoxy groups -OCH3 is 1. The summed E-state index contributed by atoms with van der Waals surface area (Å²) in [5.41, 5.74) is 0.689. The molecule has 0 aliphatic carbocycles. The molecule has 0 fully saturated rings. The number of rotatable bonds is 5. The molecule has 1 rings (SSSR count). The molecule has 1 atom stereocenters. The molecule has 0 unspecified atom stereocenters. The first-order chi connectivity index (χ1) is 8.43. The molecule has 0 aromatic heterocycles. The minimum absolute atomic E-state index is 0.0847. The van der Waals surface area contributed by atoms with Crippen LogP contribution in [0.3, 0.4) is 0 Å². The third-order valence-electron chi connectivity index (χ3n) is 2.57. The lowest BCUT2D eigenvalue weighted by Crippen LogP contribution is -2.41. The van der Waals surface area contributed by atoms with Gasteiger partial charge in [-0.1, -0.05) is 25.4 Å². The first-order valence-electron chi connectivity index (χ1n) is 5.70. The summed E-state index contributed by atoms with van der Waals surface area (Å²) in [5, 5.41) is 3.38. The maximum absolute atomic E-state index is 13.1. The van der Waals surface area contributed by atoms with Crippen molar-refractivity contribution in [2.45, 2.75) is 26.4 Å². The van der Waals surface area contributed by atoms with Crippen molar-refractivity contribution in [1.29, 1.82) is 0 Å². The van der Waals surface area contributed by atoms with E-state index in [1.807, 2.05) is 13.8 Å². The van der Waals surface area contributed by atoms with Gasteiger partial charge in [-0.2, -0.15) is 0 Å². The van der Waals surface area contributed by atoms with E-state index in [0.29, 0.717) is 17.1 Å². The van der Waals surface area contributed by atoms with E-state index in [9.17, 15) is 9.18 Å². The zero-order chi connectivity index (χ0) is 13.7. The lowest BCUT2D eigenvalue weighted by atomic mass is 10.0. The largest absolute Gasteiger partial charge is 0.468 e. The van der Waals surface area contributed by atoms with Crippen molar-refractivity contribution in [2.24, 2.45) is 5.92 Å². The fourth-order valence-electron chi connectivity index (χ4n) is 1.66. The summed E-state index contributed by atoms with van der Waals surface area (Å²) in [6, 6.07) is 3.86. The minimum atomic E-state index is -0.419. The Kier molecular flexibility index (Phi) is 5.56. The number of hydrogen-bond acceptors (Lipinski definition) is 3. The summed E-state index contributed by atoms with van der Waals surface area (Å²) in [5.74, 6) is -0.632. The first kappa shape index (κ1) is 14.9. The Balaban J connectivity index is 2.69. The highest BCUT2D eigenvalue weighted by Gasteiger charge is 2.22. The van der Waals surface area contributed by atoms with E-state index in [4.69, 9.17) is 16.3 Å². The van der Waals surface area contributed by atoms with Crippen LogP contribution in [0.15, 0.2) is 18.2 Å². The lowest BCUT2D eigenvalue weighted by molar-refractivity contribution is -0.144. The second-order valence-corrected chi connectivity index (χ2v) is 4.84. The zero-order valence-corrected chi connectivity index (χ0v) is 11.4. The highest BCUT2D eigenvalue weighted by Crippen LogP contribution is 2.14. The molecule has 0 radical (unpaired) electrons. The number of carbonyl (C=O) groups is 1. The van der Waals surface area contributed by atoms with Crippen LogP contribution < -0.4 is 5.32 Å². The second-order valence-electron chi connectivity index (χ2n) is 4.40. The van der Waals surface area contributed by atoms with Gasteiger partial charge in [0.15, 0.2) is 0 Å². The van der Waals surface area contributed by atoms with E-state index in [1.165, 1.54) is 19.2 Å². The summed E-state index contributed by atoms with van der Waals surface area (Å²) < 4.78 is 17.8. The Labute approximate surface area is 111 Å². The van der Waals surface area contributed by atoms with Crippen molar-refractivity contribution in [3.8, 4) is 0 Å². The molecule has 0 spiro atoms. The van der Waals surface area contributed by atoms with Crippen LogP contribution in [0.25, 0.3) is 0 Å². The van der Waals surface area contributed by atoms with Gasteiger partial charge in [0, 0.05) is 11.6 Å². The average Bonchev–Trinajstić information content (AvgIpc) is 2.27. The van der Waals surface area contributed by atoms with Gasteiger partial charge in [0.1, 0.15) is 11.9 Å². The van der Waals surface area contributed by atoms with Crippen LogP contribution in [-0.4, -0.2) is 19.1 Å². The Morgan fingerprint density at radius 2 is 2.11 bits per heavy atom. The standard InChI is InChI=1S/C13H17ClFNO2/c1-8(2)12(13(17)18-3)16-7-9-4-10(14)6-11(15)5-9/h4-6,8,12,16H,7H2,1-3H3/t12-/m0/s1. The average molecular weight is 274 g/mol. The molecule has 0 aliphatic rings. The third kappa shape index (κ3) is 4.27. The topological polar surface area (TPSA) is 38.3 Å². The molecular weight excluding hydrogens is 257 g/mol. The Hall–Kier alpha value is -1.13. The van der Waals surface area contributed by atoms with Crippen molar-refractivity contribution in [3.63, 3.8) is 0 Å². The van der Waals surface area contributed by atoms with E-state index in [2.05, 4.69) is 5.32 Å². The van der Waals surface area contributed by atoms with Gasteiger partial charge in [-0.05, 0) is 29.7 Å². The molecule has 0 amide bonds. The Morgan fingerprint density at radius 3 is 2.61 bits per heavy atom. The first-order valence-corrected chi connectivity index (χ1v) is 6.08. The maximum atomic E-state index is 13.1. The molecule has 1 N–H and O–H groups in total. The normalized spacial score (nSPS) is 12.6. The van der Waals surface area contributed by atoms with Crippen molar-refractivity contribution in [2.75, 3.05) is 7.11 Å². The van der Waals surface area contributed by atoms with E-state index in [1.54, 1.807) is 6.07 Å². The summed E-state index contributed by atoms with van der Waals surface area (Å²) in [6.45, 7) is 4.18. The van der Waals surface area contributed by atoms with Crippen molar-refractivity contribution in [3.05, 3.63) is 34.6 Å². The smallest absolute Gasteiger partial charge is 0.323 e. The van der Waals surface area contributed by atoms with Crippen LogP contribution in [0.5, 0.6) is 0 Å². The van der Waals surface area contributed by atoms with Gasteiger partial charge in [-0.3, -0.25) is 4.79 Å². The van der Waals surface area contributed by atoms with E-state index in [-0.39, 0.29) is 11.9 Å². The van der Waals surface area contributed by atoms with Crippen molar-refractivity contribution >= 4 is 17.6 Å². The van der Waals surface area contributed by atoms with E-state index < -0.39 is 11.9 Å². The molecular formula is C13H17ClFNO2. The zero-order valence-electron chi connectivity index (χ0n) is 10.7. The molecule has 100 valence electrons. The molecule has 0 aliphatic heterocycles. The summed E-state index contributed by atoms with van der Waals surface area (Å²) in [4.78, 5) is 11.5. The van der Waals surface area contributed by atoms with Gasteiger partial charge in [0.05, 0.1) is 7.11 Å². The predicted molar refractivity (Wildman–Crippen MR) is 68.9 cm³/mol. The van der Waals surface area contributed by atoms with Crippen molar-refractivity contribution < 1.29 is 13.9 Å². The number of halogens is 2. The monoisotopic (exact) mass is 273 g/mol. The SMILES string of the molecule is COC(=O)[C@@H](NCc1cc(F)cc(Cl)c1)C(C)C. The lowest BCUT2D eigenvalue weighted by Gasteiger charge is -2.19. The molecule has 18 heavy (non-hydrogen) atoms. The van der Waals surface area contributed by atoms with Gasteiger partial charge in [0.25, 0.3) is 0 Å². The van der Waals surface area contributed by atoms with Gasteiger partial charge < -0.3 is 10.1 Å². The van der Waals surface area contributed by atoms with Crippen LogP contribution in [0.4, 0.5) is 4.39 Å². The highest BCUT2D eigenvalue weighted by atomic mass is 35.5. The van der Waals surface area contributed by atoms with Crippen LogP contribution in [-0.2, 0) is 16.1 Å². The third-order valence-corrected chi connectivity index (χ3v) is 2.79. The number of ether oxygens (including phenoxy) is 1. The predicted octanol–water partition coefficient (Wildman–Crippen LogP) is 2.77. The molecule has 0 heterocycles. The van der Waals surface area contributed by atoms with Gasteiger partial charge >= 0.3 is 5.97 Å². The summed E-state index contributed by atoms with van der Waals surface area (Å²) in [7, 11) is 1.35. The molecule has 0 saturated heterocycles. The second kappa shape index (κ2) is 6.71. The van der Waals surface area contributed by atoms with Crippen molar-refractivity contribution in [1.82, 2.24) is 5.32 Å². The minimum Gasteiger partial charge on any atom is -0.468 e. The highest BCUT2D eigenvalue weighted by molar-refractivity contribution is 6.30. The molecule has 0 saturated carbocycles. The van der Waals surface area contributed by atoms with Crippen LogP contribution in [0, 0.1) is 11.7 Å². The van der Waals surface area contributed by atoms with Gasteiger partial charge in [-0.15, -0.1) is 0 Å². The summed E-state index contributed by atoms with van der Waals surface area (Å²) >= 11 is 5.76. The van der Waals surface area contributed by atoms with Crippen LogP contribution in [0.2, 0.25) is 5.02 Å². The Morgan fingerprint density at radius 1 is 1.44 bits per heavy atom.